The van der Waals surface area contributed by atoms with Crippen LogP contribution in [0, 0.1) is 32.3 Å². The second-order valence-corrected chi connectivity index (χ2v) is 6.82. The van der Waals surface area contributed by atoms with Crippen LogP contribution in [0.25, 0.3) is 0 Å². The third-order valence-electron chi connectivity index (χ3n) is 3.95. The normalized spacial score (nSPS) is 9.11. The zero-order valence-electron chi connectivity index (χ0n) is 14.5. The van der Waals surface area contributed by atoms with E-state index in [1.54, 1.807) is 0 Å². The minimum absolute atomic E-state index is 0.950. The van der Waals surface area contributed by atoms with E-state index in [-0.39, 0.29) is 0 Å². The molecule has 0 aliphatic carbocycles. The summed E-state index contributed by atoms with van der Waals surface area (Å²) in [4.78, 5) is 10.4. The Labute approximate surface area is 190 Å². The molecule has 0 bridgehead atoms. The predicted octanol–water partition coefficient (Wildman–Crippen LogP) is 7.27. The molecule has 0 atom stereocenters. The molecule has 28 heavy (non-hydrogen) atoms. The Morgan fingerprint density at radius 1 is 0.429 bits per heavy atom. The lowest BCUT2D eigenvalue weighted by atomic mass is 10.1. The van der Waals surface area contributed by atoms with E-state index in [1.165, 1.54) is 0 Å². The van der Waals surface area contributed by atoms with Crippen molar-refractivity contribution in [2.45, 2.75) is 0 Å². The van der Waals surface area contributed by atoms with Crippen LogP contribution in [0.15, 0.2) is 72.8 Å². The SMILES string of the molecule is BrC#Cc1ccc(N(c2ccc(C#CBr)cc2)c2ccc(C#CBr)cc2)cc1. The van der Waals surface area contributed by atoms with E-state index in [1.807, 2.05) is 36.4 Å². The van der Waals surface area contributed by atoms with Gasteiger partial charge in [-0.15, -0.1) is 0 Å². The number of nitrogens with zero attached hydrogens (tertiary/aromatic N) is 1. The molecule has 1 nitrogen and oxygen atoms in total. The standard InChI is InChI=1S/C24H12Br3N/c25-16-13-19-1-7-22(8-2-19)28(23-9-3-20(4-10-23)14-17-26)24-11-5-21(6-12-24)15-18-27/h1-12H. The summed E-state index contributed by atoms with van der Waals surface area (Å²) in [5.41, 5.74) is 5.97. The van der Waals surface area contributed by atoms with Gasteiger partial charge in [0.15, 0.2) is 0 Å². The van der Waals surface area contributed by atoms with E-state index in [2.05, 4.69) is 121 Å². The van der Waals surface area contributed by atoms with E-state index >= 15 is 0 Å². The summed E-state index contributed by atoms with van der Waals surface area (Å²) in [5.74, 6) is 9.02. The van der Waals surface area contributed by atoms with Gasteiger partial charge in [0.2, 0.25) is 0 Å². The first-order valence-electron chi connectivity index (χ1n) is 8.20. The summed E-state index contributed by atoms with van der Waals surface area (Å²) in [7, 11) is 0. The molecular weight excluding hydrogens is 542 g/mol. The Balaban J connectivity index is 2.07. The van der Waals surface area contributed by atoms with Crippen LogP contribution in [-0.2, 0) is 0 Å². The summed E-state index contributed by atoms with van der Waals surface area (Å²) in [6.45, 7) is 0. The fraction of sp³-hybridized carbons (Fsp3) is 0. The molecule has 134 valence electrons. The molecule has 0 N–H and O–H groups in total. The summed E-state index contributed by atoms with van der Waals surface area (Å²) in [6.07, 6.45) is 0. The topological polar surface area (TPSA) is 3.24 Å². The van der Waals surface area contributed by atoms with Crippen molar-refractivity contribution in [2.24, 2.45) is 0 Å². The van der Waals surface area contributed by atoms with Crippen LogP contribution >= 0.6 is 47.8 Å². The molecule has 0 unspecified atom stereocenters. The lowest BCUT2D eigenvalue weighted by molar-refractivity contribution is 1.28. The van der Waals surface area contributed by atoms with E-state index in [4.69, 9.17) is 0 Å². The van der Waals surface area contributed by atoms with Crippen molar-refractivity contribution in [2.75, 3.05) is 4.90 Å². The van der Waals surface area contributed by atoms with Gasteiger partial charge in [0.1, 0.15) is 0 Å². The van der Waals surface area contributed by atoms with Crippen LogP contribution < -0.4 is 4.90 Å². The van der Waals surface area contributed by atoms with E-state index in [9.17, 15) is 0 Å². The van der Waals surface area contributed by atoms with E-state index in [0.717, 1.165) is 33.8 Å². The second kappa shape index (κ2) is 10.2. The molecule has 0 saturated heterocycles. The van der Waals surface area contributed by atoms with Gasteiger partial charge in [0, 0.05) is 81.5 Å². The van der Waals surface area contributed by atoms with Crippen molar-refractivity contribution in [1.82, 2.24) is 0 Å². The number of hydrogen-bond donors (Lipinski definition) is 0. The summed E-state index contributed by atoms with van der Waals surface area (Å²) < 4.78 is 0. The highest BCUT2D eigenvalue weighted by Crippen LogP contribution is 2.34. The van der Waals surface area contributed by atoms with Gasteiger partial charge in [-0.25, -0.2) is 0 Å². The highest BCUT2D eigenvalue weighted by Gasteiger charge is 2.12. The molecule has 0 saturated carbocycles. The fourth-order valence-electron chi connectivity index (χ4n) is 2.69. The summed E-state index contributed by atoms with van der Waals surface area (Å²) in [5, 5.41) is 0. The summed E-state index contributed by atoms with van der Waals surface area (Å²) in [6, 6.07) is 24.4. The first kappa shape index (κ1) is 20.3. The highest BCUT2D eigenvalue weighted by atomic mass is 79.9. The molecule has 0 aliphatic heterocycles. The van der Waals surface area contributed by atoms with Crippen molar-refractivity contribution in [1.29, 1.82) is 0 Å². The molecule has 0 spiro atoms. The maximum Gasteiger partial charge on any atom is 0.0462 e. The fourth-order valence-corrected chi connectivity index (χ4v) is 3.38. The average molecular weight is 554 g/mol. The maximum atomic E-state index is 3.15. The molecule has 0 fully saturated rings. The number of hydrogen-bond acceptors (Lipinski definition) is 1. The van der Waals surface area contributed by atoms with Crippen LogP contribution in [0.2, 0.25) is 0 Å². The van der Waals surface area contributed by atoms with Gasteiger partial charge in [0.05, 0.1) is 0 Å². The molecule has 3 aromatic carbocycles. The Bertz CT molecular complexity index is 978. The van der Waals surface area contributed by atoms with Gasteiger partial charge in [0.25, 0.3) is 0 Å². The van der Waals surface area contributed by atoms with Crippen LogP contribution in [0.3, 0.4) is 0 Å². The Morgan fingerprint density at radius 2 is 0.679 bits per heavy atom. The Kier molecular flexibility index (Phi) is 7.41. The smallest absolute Gasteiger partial charge is 0.0462 e. The van der Waals surface area contributed by atoms with E-state index in [0.29, 0.717) is 0 Å². The van der Waals surface area contributed by atoms with Gasteiger partial charge in [-0.3, -0.25) is 0 Å². The number of halogens is 3. The molecule has 4 heteroatoms. The molecule has 0 heterocycles. The van der Waals surface area contributed by atoms with Crippen LogP contribution in [0.4, 0.5) is 17.1 Å². The van der Waals surface area contributed by atoms with Crippen molar-refractivity contribution >= 4 is 64.9 Å². The van der Waals surface area contributed by atoms with E-state index < -0.39 is 0 Å². The molecular formula is C24H12Br3N. The largest absolute Gasteiger partial charge is 0.311 e. The molecule has 0 radical (unpaired) electrons. The minimum atomic E-state index is 0.950. The molecule has 0 amide bonds. The predicted molar refractivity (Wildman–Crippen MR) is 129 cm³/mol. The first-order valence-corrected chi connectivity index (χ1v) is 10.6. The maximum absolute atomic E-state index is 3.15. The first-order chi connectivity index (χ1) is 13.7. The van der Waals surface area contributed by atoms with Crippen molar-refractivity contribution in [3.05, 3.63) is 89.5 Å². The molecule has 0 aromatic heterocycles. The highest BCUT2D eigenvalue weighted by molar-refractivity contribution is 9.12. The van der Waals surface area contributed by atoms with Gasteiger partial charge in [-0.1, -0.05) is 17.8 Å². The summed E-state index contributed by atoms with van der Waals surface area (Å²) >= 11 is 9.44. The van der Waals surface area contributed by atoms with Crippen LogP contribution in [0.1, 0.15) is 16.7 Å². The van der Waals surface area contributed by atoms with Gasteiger partial charge >= 0.3 is 0 Å². The number of rotatable bonds is 3. The quantitative estimate of drug-likeness (QED) is 0.308. The van der Waals surface area contributed by atoms with Crippen LogP contribution in [-0.4, -0.2) is 0 Å². The lowest BCUT2D eigenvalue weighted by Gasteiger charge is -2.25. The van der Waals surface area contributed by atoms with Crippen molar-refractivity contribution in [3.63, 3.8) is 0 Å². The minimum Gasteiger partial charge on any atom is -0.311 e. The molecule has 3 aromatic rings. The zero-order chi connectivity index (χ0) is 19.8. The monoisotopic (exact) mass is 551 g/mol. The van der Waals surface area contributed by atoms with Gasteiger partial charge in [-0.2, -0.15) is 0 Å². The van der Waals surface area contributed by atoms with Gasteiger partial charge < -0.3 is 4.90 Å². The van der Waals surface area contributed by atoms with Crippen LogP contribution in [0.5, 0.6) is 0 Å². The number of benzene rings is 3. The third kappa shape index (κ3) is 5.09. The zero-order valence-corrected chi connectivity index (χ0v) is 19.3. The Morgan fingerprint density at radius 3 is 0.893 bits per heavy atom. The lowest BCUT2D eigenvalue weighted by Crippen LogP contribution is -2.09. The van der Waals surface area contributed by atoms with Crippen molar-refractivity contribution in [3.8, 4) is 32.3 Å². The third-order valence-corrected chi connectivity index (χ3v) is 4.55. The number of anilines is 3. The second-order valence-electron chi connectivity index (χ2n) is 5.63. The molecule has 0 aliphatic rings. The Hall–Kier alpha value is -2.42. The van der Waals surface area contributed by atoms with Crippen molar-refractivity contribution < 1.29 is 0 Å². The average Bonchev–Trinajstić information content (AvgIpc) is 2.73. The molecule has 3 rings (SSSR count). The van der Waals surface area contributed by atoms with Gasteiger partial charge in [-0.05, 0) is 87.3 Å².